The van der Waals surface area contributed by atoms with Crippen LogP contribution in [0.5, 0.6) is 11.5 Å². The summed E-state index contributed by atoms with van der Waals surface area (Å²) in [5.41, 5.74) is 4.88. The van der Waals surface area contributed by atoms with E-state index in [4.69, 9.17) is 9.47 Å². The third-order valence-electron chi connectivity index (χ3n) is 4.88. The van der Waals surface area contributed by atoms with E-state index in [-0.39, 0.29) is 0 Å². The van der Waals surface area contributed by atoms with Gasteiger partial charge < -0.3 is 9.47 Å². The zero-order valence-corrected chi connectivity index (χ0v) is 16.9. The van der Waals surface area contributed by atoms with Crippen LogP contribution in [0, 0.1) is 0 Å². The van der Waals surface area contributed by atoms with Gasteiger partial charge in [-0.05, 0) is 41.3 Å². The monoisotopic (exact) mass is 376 g/mol. The second-order valence-corrected chi connectivity index (χ2v) is 6.82. The van der Waals surface area contributed by atoms with Gasteiger partial charge in [0, 0.05) is 32.0 Å². The van der Waals surface area contributed by atoms with Crippen molar-refractivity contribution in [2.45, 2.75) is 33.0 Å². The van der Waals surface area contributed by atoms with E-state index in [1.807, 2.05) is 30.5 Å². The minimum atomic E-state index is 0.720. The first-order valence-electron chi connectivity index (χ1n) is 9.62. The topological polar surface area (TPSA) is 34.6 Å². The molecule has 0 aliphatic heterocycles. The molecule has 0 bridgehead atoms. The van der Waals surface area contributed by atoms with Crippen molar-refractivity contribution in [3.8, 4) is 11.5 Å². The standard InChI is InChI=1S/C24H28N2O2/c1-4-19-10-12-20(13-11-19)16-26(17-21-7-6-14-25-15-21)18-22-23(27-2)8-5-9-24(22)28-3/h5-15H,4,16-18H2,1-3H3. The van der Waals surface area contributed by atoms with Crippen molar-refractivity contribution in [1.82, 2.24) is 9.88 Å². The van der Waals surface area contributed by atoms with Crippen molar-refractivity contribution in [1.29, 1.82) is 0 Å². The third-order valence-corrected chi connectivity index (χ3v) is 4.88. The molecule has 3 rings (SSSR count). The Morgan fingerprint density at radius 1 is 0.750 bits per heavy atom. The Bertz CT molecular complexity index is 841. The molecule has 0 atom stereocenters. The van der Waals surface area contributed by atoms with Crippen molar-refractivity contribution in [2.24, 2.45) is 0 Å². The van der Waals surface area contributed by atoms with Crippen molar-refractivity contribution in [3.05, 3.63) is 89.2 Å². The maximum atomic E-state index is 5.60. The van der Waals surface area contributed by atoms with Crippen LogP contribution >= 0.6 is 0 Å². The average molecular weight is 377 g/mol. The lowest BCUT2D eigenvalue weighted by molar-refractivity contribution is 0.238. The highest BCUT2D eigenvalue weighted by molar-refractivity contribution is 5.44. The highest BCUT2D eigenvalue weighted by Gasteiger charge is 2.16. The van der Waals surface area contributed by atoms with Gasteiger partial charge in [0.1, 0.15) is 11.5 Å². The number of hydrogen-bond acceptors (Lipinski definition) is 4. The summed E-state index contributed by atoms with van der Waals surface area (Å²) in [6.45, 7) is 4.53. The van der Waals surface area contributed by atoms with Crippen molar-refractivity contribution in [2.75, 3.05) is 14.2 Å². The molecule has 0 saturated heterocycles. The van der Waals surface area contributed by atoms with E-state index in [0.717, 1.165) is 43.1 Å². The van der Waals surface area contributed by atoms with E-state index in [9.17, 15) is 0 Å². The number of ether oxygens (including phenoxy) is 2. The first-order chi connectivity index (χ1) is 13.7. The minimum Gasteiger partial charge on any atom is -0.496 e. The van der Waals surface area contributed by atoms with E-state index in [2.05, 4.69) is 47.1 Å². The smallest absolute Gasteiger partial charge is 0.127 e. The fraction of sp³-hybridized carbons (Fsp3) is 0.292. The van der Waals surface area contributed by atoms with Gasteiger partial charge in [-0.2, -0.15) is 0 Å². The summed E-state index contributed by atoms with van der Waals surface area (Å²) in [4.78, 5) is 6.65. The predicted molar refractivity (Wildman–Crippen MR) is 113 cm³/mol. The molecule has 1 heterocycles. The molecule has 0 amide bonds. The molecule has 4 heteroatoms. The highest BCUT2D eigenvalue weighted by Crippen LogP contribution is 2.30. The Morgan fingerprint density at radius 3 is 1.96 bits per heavy atom. The summed E-state index contributed by atoms with van der Waals surface area (Å²) in [5.74, 6) is 1.69. The van der Waals surface area contributed by atoms with Crippen LogP contribution in [0.1, 0.15) is 29.2 Å². The number of hydrogen-bond donors (Lipinski definition) is 0. The maximum absolute atomic E-state index is 5.60. The molecule has 0 spiro atoms. The molecule has 0 N–H and O–H groups in total. The Labute approximate surface area is 167 Å². The van der Waals surface area contributed by atoms with E-state index in [1.165, 1.54) is 16.7 Å². The third kappa shape index (κ3) is 5.11. The Hall–Kier alpha value is -2.85. The van der Waals surface area contributed by atoms with Crippen molar-refractivity contribution >= 4 is 0 Å². The molecule has 3 aromatic rings. The van der Waals surface area contributed by atoms with Gasteiger partial charge in [-0.15, -0.1) is 0 Å². The molecule has 0 aliphatic carbocycles. The molecule has 0 fully saturated rings. The predicted octanol–water partition coefficient (Wildman–Crippen LogP) is 4.86. The summed E-state index contributed by atoms with van der Waals surface area (Å²) in [6.07, 6.45) is 4.78. The van der Waals surface area contributed by atoms with Crippen molar-refractivity contribution < 1.29 is 9.47 Å². The van der Waals surface area contributed by atoms with Gasteiger partial charge in [0.15, 0.2) is 0 Å². The zero-order chi connectivity index (χ0) is 19.8. The van der Waals surface area contributed by atoms with Crippen LogP contribution in [-0.4, -0.2) is 24.1 Å². The van der Waals surface area contributed by atoms with Crippen LogP contribution in [0.15, 0.2) is 67.0 Å². The molecule has 0 unspecified atom stereocenters. The lowest BCUT2D eigenvalue weighted by Crippen LogP contribution is -2.23. The zero-order valence-electron chi connectivity index (χ0n) is 16.9. The van der Waals surface area contributed by atoms with E-state index < -0.39 is 0 Å². The van der Waals surface area contributed by atoms with Gasteiger partial charge in [0.2, 0.25) is 0 Å². The fourth-order valence-electron chi connectivity index (χ4n) is 3.36. The second-order valence-electron chi connectivity index (χ2n) is 6.82. The van der Waals surface area contributed by atoms with E-state index in [1.54, 1.807) is 20.4 Å². The number of nitrogens with zero attached hydrogens (tertiary/aromatic N) is 2. The summed E-state index contributed by atoms with van der Waals surface area (Å²) in [7, 11) is 3.40. The Kier molecular flexibility index (Phi) is 7.04. The van der Waals surface area contributed by atoms with Crippen LogP contribution in [0.25, 0.3) is 0 Å². The largest absolute Gasteiger partial charge is 0.496 e. The lowest BCUT2D eigenvalue weighted by atomic mass is 10.1. The second kappa shape index (κ2) is 9.90. The molecule has 146 valence electrons. The Balaban J connectivity index is 1.87. The molecule has 1 aromatic heterocycles. The van der Waals surface area contributed by atoms with Crippen LogP contribution in [-0.2, 0) is 26.1 Å². The van der Waals surface area contributed by atoms with Crippen LogP contribution in [0.4, 0.5) is 0 Å². The molecule has 0 radical (unpaired) electrons. The number of methoxy groups -OCH3 is 2. The summed E-state index contributed by atoms with van der Waals surface area (Å²) < 4.78 is 11.2. The van der Waals surface area contributed by atoms with Crippen molar-refractivity contribution in [3.63, 3.8) is 0 Å². The molecule has 4 nitrogen and oxygen atoms in total. The van der Waals surface area contributed by atoms with Crippen LogP contribution in [0.3, 0.4) is 0 Å². The molecular weight excluding hydrogens is 348 g/mol. The van der Waals surface area contributed by atoms with Gasteiger partial charge in [-0.1, -0.05) is 43.3 Å². The maximum Gasteiger partial charge on any atom is 0.127 e. The lowest BCUT2D eigenvalue weighted by Gasteiger charge is -2.25. The highest BCUT2D eigenvalue weighted by atomic mass is 16.5. The molecular formula is C24H28N2O2. The minimum absolute atomic E-state index is 0.720. The molecule has 28 heavy (non-hydrogen) atoms. The average Bonchev–Trinajstić information content (AvgIpc) is 2.75. The van der Waals surface area contributed by atoms with Gasteiger partial charge in [-0.25, -0.2) is 0 Å². The summed E-state index contributed by atoms with van der Waals surface area (Å²) in [6, 6.07) is 18.9. The Morgan fingerprint density at radius 2 is 1.39 bits per heavy atom. The SMILES string of the molecule is CCc1ccc(CN(Cc2cccnc2)Cc2c(OC)cccc2OC)cc1. The number of aryl methyl sites for hydroxylation is 1. The summed E-state index contributed by atoms with van der Waals surface area (Å²) >= 11 is 0. The van der Waals surface area contributed by atoms with Gasteiger partial charge in [0.05, 0.1) is 19.8 Å². The first-order valence-corrected chi connectivity index (χ1v) is 9.62. The van der Waals surface area contributed by atoms with Gasteiger partial charge in [-0.3, -0.25) is 9.88 Å². The van der Waals surface area contributed by atoms with Gasteiger partial charge in [0.25, 0.3) is 0 Å². The van der Waals surface area contributed by atoms with Crippen LogP contribution in [0.2, 0.25) is 0 Å². The fourth-order valence-corrected chi connectivity index (χ4v) is 3.36. The first kappa shape index (κ1) is 19.9. The van der Waals surface area contributed by atoms with E-state index >= 15 is 0 Å². The number of aromatic nitrogens is 1. The quantitative estimate of drug-likeness (QED) is 0.534. The number of rotatable bonds is 9. The molecule has 2 aromatic carbocycles. The number of pyridine rings is 1. The molecule has 0 aliphatic rings. The normalized spacial score (nSPS) is 10.9. The van der Waals surface area contributed by atoms with Crippen LogP contribution < -0.4 is 9.47 Å². The van der Waals surface area contributed by atoms with E-state index in [0.29, 0.717) is 0 Å². The molecule has 0 saturated carbocycles. The number of benzene rings is 2. The summed E-state index contributed by atoms with van der Waals surface area (Å²) in [5, 5.41) is 0. The van der Waals surface area contributed by atoms with Gasteiger partial charge >= 0.3 is 0 Å².